The van der Waals surface area contributed by atoms with E-state index in [-0.39, 0.29) is 24.3 Å². The van der Waals surface area contributed by atoms with Crippen LogP contribution in [0.4, 0.5) is 0 Å². The Morgan fingerprint density at radius 3 is 2.75 bits per heavy atom. The van der Waals surface area contributed by atoms with Gasteiger partial charge in [0.1, 0.15) is 20.0 Å². The van der Waals surface area contributed by atoms with Crippen molar-refractivity contribution < 1.29 is 15.2 Å². The highest BCUT2D eigenvalue weighted by Crippen LogP contribution is 2.15. The second kappa shape index (κ2) is 4.26. The molecule has 68 valence electrons. The standard InChI is InChI=1S/C8H16BNO2/c1-5(2)11-4-7-6(10)3-8(9)12-7/h5-8H,3-4,10H2,1-2H3/p+1/t6-,7-,8-/m1/s1. The summed E-state index contributed by atoms with van der Waals surface area (Å²) in [6.45, 7) is 4.62. The molecule has 3 nitrogen and oxygen atoms in total. The summed E-state index contributed by atoms with van der Waals surface area (Å²) in [5.74, 6) is 0. The van der Waals surface area contributed by atoms with Gasteiger partial charge in [-0.25, -0.2) is 0 Å². The van der Waals surface area contributed by atoms with Gasteiger partial charge in [-0.2, -0.15) is 0 Å². The Bertz CT molecular complexity index is 143. The van der Waals surface area contributed by atoms with Crippen LogP contribution < -0.4 is 5.73 Å². The number of hydrogen-bond acceptors (Lipinski definition) is 2. The molecule has 0 spiro atoms. The zero-order valence-corrected chi connectivity index (χ0v) is 7.82. The molecular weight excluding hydrogens is 153 g/mol. The Morgan fingerprint density at radius 1 is 1.67 bits per heavy atom. The van der Waals surface area contributed by atoms with Crippen molar-refractivity contribution >= 4 is 7.85 Å². The van der Waals surface area contributed by atoms with Gasteiger partial charge in [-0.3, -0.25) is 0 Å². The summed E-state index contributed by atoms with van der Waals surface area (Å²) >= 11 is 0. The molecule has 1 fully saturated rings. The molecule has 0 bridgehead atoms. The fourth-order valence-electron chi connectivity index (χ4n) is 1.30. The molecule has 0 aromatic heterocycles. The van der Waals surface area contributed by atoms with Gasteiger partial charge in [0.05, 0.1) is 12.7 Å². The fourth-order valence-corrected chi connectivity index (χ4v) is 1.30. The third kappa shape index (κ3) is 2.77. The SMILES string of the molecule is [B][C@H]1C[C@@H]([NH3+])[C@@H](COC(C)C)O1. The van der Waals surface area contributed by atoms with E-state index in [1.165, 1.54) is 0 Å². The zero-order chi connectivity index (χ0) is 9.14. The molecule has 4 heteroatoms. The van der Waals surface area contributed by atoms with Gasteiger partial charge in [0.15, 0.2) is 0 Å². The van der Waals surface area contributed by atoms with E-state index in [9.17, 15) is 0 Å². The Labute approximate surface area is 75.0 Å². The highest BCUT2D eigenvalue weighted by Gasteiger charge is 2.32. The molecule has 1 aliphatic rings. The lowest BCUT2D eigenvalue weighted by molar-refractivity contribution is -0.428. The minimum atomic E-state index is -0.145. The smallest absolute Gasteiger partial charge is 0.132 e. The van der Waals surface area contributed by atoms with Crippen molar-refractivity contribution in [3.05, 3.63) is 0 Å². The van der Waals surface area contributed by atoms with Crippen LogP contribution in [0.2, 0.25) is 0 Å². The topological polar surface area (TPSA) is 46.1 Å². The largest absolute Gasteiger partial charge is 0.376 e. The maximum absolute atomic E-state index is 5.60. The normalized spacial score (nSPS) is 36.2. The van der Waals surface area contributed by atoms with E-state index < -0.39 is 0 Å². The first-order chi connectivity index (χ1) is 5.59. The Kier molecular flexibility index (Phi) is 3.56. The van der Waals surface area contributed by atoms with Crippen LogP contribution in [0.15, 0.2) is 0 Å². The summed E-state index contributed by atoms with van der Waals surface area (Å²) in [5.41, 5.74) is 3.96. The quantitative estimate of drug-likeness (QED) is 0.569. The molecule has 1 rings (SSSR count). The third-order valence-electron chi connectivity index (χ3n) is 2.00. The summed E-state index contributed by atoms with van der Waals surface area (Å²) in [4.78, 5) is 0. The summed E-state index contributed by atoms with van der Waals surface area (Å²) in [6.07, 6.45) is 1.17. The van der Waals surface area contributed by atoms with Crippen molar-refractivity contribution in [3.63, 3.8) is 0 Å². The van der Waals surface area contributed by atoms with Crippen LogP contribution >= 0.6 is 0 Å². The van der Waals surface area contributed by atoms with E-state index in [0.29, 0.717) is 6.61 Å². The molecule has 0 aliphatic carbocycles. The molecule has 0 unspecified atom stereocenters. The van der Waals surface area contributed by atoms with Crippen molar-refractivity contribution in [2.75, 3.05) is 6.61 Å². The molecule has 0 aromatic rings. The molecule has 0 amide bonds. The average Bonchev–Trinajstić information content (AvgIpc) is 2.26. The van der Waals surface area contributed by atoms with Gasteiger partial charge in [-0.1, -0.05) is 0 Å². The van der Waals surface area contributed by atoms with Gasteiger partial charge in [0.25, 0.3) is 0 Å². The molecule has 1 aliphatic heterocycles. The second-order valence-corrected chi connectivity index (χ2v) is 3.59. The molecule has 12 heavy (non-hydrogen) atoms. The molecule has 1 saturated heterocycles. The lowest BCUT2D eigenvalue weighted by atomic mass is 9.95. The van der Waals surface area contributed by atoms with E-state index >= 15 is 0 Å². The summed E-state index contributed by atoms with van der Waals surface area (Å²) in [6, 6.07) is 0.131. The van der Waals surface area contributed by atoms with Crippen LogP contribution in [0.3, 0.4) is 0 Å². The van der Waals surface area contributed by atoms with Crippen LogP contribution in [0.5, 0.6) is 0 Å². The monoisotopic (exact) mass is 170 g/mol. The molecule has 3 atom stereocenters. The third-order valence-corrected chi connectivity index (χ3v) is 2.00. The molecule has 3 N–H and O–H groups in total. The van der Waals surface area contributed by atoms with Crippen molar-refractivity contribution in [2.24, 2.45) is 0 Å². The number of quaternary nitrogens is 1. The molecule has 0 aromatic carbocycles. The fraction of sp³-hybridized carbons (Fsp3) is 1.00. The van der Waals surface area contributed by atoms with Crippen molar-refractivity contribution in [1.82, 2.24) is 0 Å². The predicted molar refractivity (Wildman–Crippen MR) is 46.8 cm³/mol. The van der Waals surface area contributed by atoms with Crippen molar-refractivity contribution in [2.45, 2.75) is 44.5 Å². The first kappa shape index (κ1) is 10.0. The maximum Gasteiger partial charge on any atom is 0.132 e. The van der Waals surface area contributed by atoms with Gasteiger partial charge >= 0.3 is 0 Å². The molecular formula is C8H17BNO2+. The van der Waals surface area contributed by atoms with Crippen LogP contribution in [-0.4, -0.2) is 38.7 Å². The van der Waals surface area contributed by atoms with E-state index in [1.54, 1.807) is 0 Å². The van der Waals surface area contributed by atoms with Crippen LogP contribution in [0, 0.1) is 0 Å². The highest BCUT2D eigenvalue weighted by molar-refractivity contribution is 6.11. The van der Waals surface area contributed by atoms with Gasteiger partial charge in [0, 0.05) is 12.4 Å². The number of rotatable bonds is 3. The van der Waals surface area contributed by atoms with Gasteiger partial charge < -0.3 is 15.2 Å². The lowest BCUT2D eigenvalue weighted by Gasteiger charge is -2.15. The van der Waals surface area contributed by atoms with E-state index in [4.69, 9.17) is 17.3 Å². The number of hydrogen-bond donors (Lipinski definition) is 1. The number of ether oxygens (including phenoxy) is 2. The summed E-state index contributed by atoms with van der Waals surface area (Å²) in [5, 5.41) is 0. The van der Waals surface area contributed by atoms with E-state index in [0.717, 1.165) is 6.42 Å². The summed E-state index contributed by atoms with van der Waals surface area (Å²) in [7, 11) is 5.60. The first-order valence-electron chi connectivity index (χ1n) is 4.45. The Morgan fingerprint density at radius 2 is 2.33 bits per heavy atom. The summed E-state index contributed by atoms with van der Waals surface area (Å²) < 4.78 is 10.8. The minimum absolute atomic E-state index is 0.0856. The minimum Gasteiger partial charge on any atom is -0.376 e. The van der Waals surface area contributed by atoms with Crippen LogP contribution in [0.1, 0.15) is 20.3 Å². The predicted octanol–water partition coefficient (Wildman–Crippen LogP) is -0.695. The molecule has 0 saturated carbocycles. The van der Waals surface area contributed by atoms with Crippen LogP contribution in [-0.2, 0) is 9.47 Å². The van der Waals surface area contributed by atoms with Crippen molar-refractivity contribution in [3.8, 4) is 0 Å². The lowest BCUT2D eigenvalue weighted by Crippen LogP contribution is -2.65. The van der Waals surface area contributed by atoms with Gasteiger partial charge in [0.2, 0.25) is 0 Å². The van der Waals surface area contributed by atoms with Crippen molar-refractivity contribution in [1.29, 1.82) is 0 Å². The van der Waals surface area contributed by atoms with Crippen LogP contribution in [0.25, 0.3) is 0 Å². The average molecular weight is 170 g/mol. The molecule has 1 heterocycles. The maximum atomic E-state index is 5.60. The molecule has 2 radical (unpaired) electrons. The van der Waals surface area contributed by atoms with Gasteiger partial charge in [-0.05, 0) is 13.8 Å². The second-order valence-electron chi connectivity index (χ2n) is 3.59. The first-order valence-corrected chi connectivity index (χ1v) is 4.45. The van der Waals surface area contributed by atoms with Gasteiger partial charge in [-0.15, -0.1) is 0 Å². The highest BCUT2D eigenvalue weighted by atomic mass is 16.5. The zero-order valence-electron chi connectivity index (χ0n) is 7.82. The van der Waals surface area contributed by atoms with E-state index in [2.05, 4.69) is 5.73 Å². The Balaban J connectivity index is 2.23. The van der Waals surface area contributed by atoms with E-state index in [1.807, 2.05) is 13.8 Å². The Hall–Kier alpha value is -0.0551.